The van der Waals surface area contributed by atoms with Gasteiger partial charge in [-0.2, -0.15) is 4.98 Å². The van der Waals surface area contributed by atoms with Gasteiger partial charge < -0.3 is 26.0 Å². The average Bonchev–Trinajstić information content (AvgIpc) is 3.13. The number of nitrogens with one attached hydrogen (secondary N) is 3. The molecule has 0 saturated heterocycles. The molecule has 142 valence electrons. The molecule has 4 rings (SSSR count). The molecule has 0 spiro atoms. The summed E-state index contributed by atoms with van der Waals surface area (Å²) in [5.74, 6) is -2.64. The van der Waals surface area contributed by atoms with Crippen LogP contribution in [0.4, 0.5) is 17.8 Å². The number of nitrogens with zero attached hydrogens (tertiary/aromatic N) is 7. The highest BCUT2D eigenvalue weighted by Crippen LogP contribution is 2.24. The van der Waals surface area contributed by atoms with Crippen molar-refractivity contribution in [3.8, 4) is 0 Å². The molecule has 0 aliphatic heterocycles. The van der Waals surface area contributed by atoms with Gasteiger partial charge in [0.05, 0.1) is 0 Å². The summed E-state index contributed by atoms with van der Waals surface area (Å²) in [6, 6.07) is 0. The van der Waals surface area contributed by atoms with Crippen molar-refractivity contribution in [1.82, 2.24) is 39.3 Å². The maximum atomic E-state index is 12.0. The Kier molecular flexibility index (Phi) is 3.13. The van der Waals surface area contributed by atoms with Crippen molar-refractivity contribution < 1.29 is 9.85 Å². The number of nitro groups is 2. The van der Waals surface area contributed by atoms with E-state index < -0.39 is 66.8 Å². The summed E-state index contributed by atoms with van der Waals surface area (Å²) in [6.45, 7) is 0. The minimum atomic E-state index is -1.09. The molecule has 0 radical (unpaired) electrons. The smallest absolute Gasteiger partial charge is 0.390 e. The molecule has 0 aromatic carbocycles. The third-order valence-corrected chi connectivity index (χ3v) is 3.53. The average molecular weight is 391 g/mol. The second-order valence-electron chi connectivity index (χ2n) is 5.19. The highest BCUT2D eigenvalue weighted by molar-refractivity contribution is 5.76. The molecule has 5 N–H and O–H groups in total. The van der Waals surface area contributed by atoms with E-state index in [1.807, 2.05) is 4.98 Å². The van der Waals surface area contributed by atoms with Crippen LogP contribution in [-0.4, -0.2) is 49.1 Å². The second-order valence-corrected chi connectivity index (χ2v) is 5.19. The van der Waals surface area contributed by atoms with E-state index in [2.05, 4.69) is 24.9 Å². The molecule has 0 atom stereocenters. The summed E-state index contributed by atoms with van der Waals surface area (Å²) in [6.07, 6.45) is 0. The van der Waals surface area contributed by atoms with Crippen molar-refractivity contribution in [2.75, 3.05) is 5.73 Å². The van der Waals surface area contributed by atoms with Crippen molar-refractivity contribution in [3.63, 3.8) is 0 Å². The van der Waals surface area contributed by atoms with Crippen LogP contribution < -0.4 is 22.5 Å². The fraction of sp³-hybridized carbons (Fsp3) is 0. The molecule has 0 fully saturated rings. The summed E-state index contributed by atoms with van der Waals surface area (Å²) in [7, 11) is 0. The van der Waals surface area contributed by atoms with E-state index in [0.717, 1.165) is 0 Å². The van der Waals surface area contributed by atoms with E-state index in [-0.39, 0.29) is 0 Å². The van der Waals surface area contributed by atoms with Gasteiger partial charge in [-0.1, -0.05) is 9.97 Å². The number of aromatic nitrogens is 8. The van der Waals surface area contributed by atoms with Gasteiger partial charge in [0.1, 0.15) is 0 Å². The molecule has 18 nitrogen and oxygen atoms in total. The monoisotopic (exact) mass is 391 g/mol. The molecule has 0 amide bonds. The van der Waals surface area contributed by atoms with Crippen LogP contribution in [-0.2, 0) is 0 Å². The Bertz CT molecular complexity index is 1500. The SMILES string of the molecule is Nc1nc2c(nc([N+](=O)[O-])n2-n2c([N+](=O)[O-])nc3c(=O)[nH]c(=O)[nH]c32)c(=O)[nH]1. The molecule has 0 saturated carbocycles. The quantitative estimate of drug-likeness (QED) is 0.210. The number of anilines is 1. The highest BCUT2D eigenvalue weighted by Gasteiger charge is 2.37. The lowest BCUT2D eigenvalue weighted by molar-refractivity contribution is -0.404. The van der Waals surface area contributed by atoms with Gasteiger partial charge in [0.15, 0.2) is 0 Å². The van der Waals surface area contributed by atoms with E-state index in [1.54, 1.807) is 0 Å². The van der Waals surface area contributed by atoms with E-state index in [1.165, 1.54) is 0 Å². The summed E-state index contributed by atoms with van der Waals surface area (Å²) >= 11 is 0. The third kappa shape index (κ3) is 2.14. The first kappa shape index (κ1) is 16.6. The minimum absolute atomic E-state index is 0.422. The van der Waals surface area contributed by atoms with E-state index in [9.17, 15) is 34.6 Å². The summed E-state index contributed by atoms with van der Waals surface area (Å²) in [5, 5.41) is 22.9. The molecule has 0 bridgehead atoms. The van der Waals surface area contributed by atoms with Crippen LogP contribution in [0.1, 0.15) is 0 Å². The van der Waals surface area contributed by atoms with Gasteiger partial charge in [0, 0.05) is 0 Å². The molecule has 4 aromatic heterocycles. The van der Waals surface area contributed by atoms with Gasteiger partial charge in [-0.05, 0) is 19.2 Å². The van der Waals surface area contributed by atoms with Crippen LogP contribution in [0.15, 0.2) is 14.4 Å². The molecule has 0 unspecified atom stereocenters. The van der Waals surface area contributed by atoms with Crippen molar-refractivity contribution in [3.05, 3.63) is 51.4 Å². The number of aromatic amines is 3. The minimum Gasteiger partial charge on any atom is -0.390 e. The number of nitrogens with two attached hydrogens (primary N) is 1. The summed E-state index contributed by atoms with van der Waals surface area (Å²) < 4.78 is 0.856. The number of H-pyrrole nitrogens is 3. The predicted molar refractivity (Wildman–Crippen MR) is 87.6 cm³/mol. The van der Waals surface area contributed by atoms with Crippen molar-refractivity contribution in [2.45, 2.75) is 0 Å². The Hall–Kier alpha value is -4.90. The van der Waals surface area contributed by atoms with Gasteiger partial charge >= 0.3 is 23.1 Å². The summed E-state index contributed by atoms with van der Waals surface area (Å²) in [5.41, 5.74) is 0.0633. The maximum Gasteiger partial charge on any atom is 0.471 e. The lowest BCUT2D eigenvalue weighted by Crippen LogP contribution is -2.24. The predicted octanol–water partition coefficient (Wildman–Crippen LogP) is -2.44. The lowest BCUT2D eigenvalue weighted by Gasteiger charge is -2.01. The zero-order valence-electron chi connectivity index (χ0n) is 13.1. The number of imidazole rings is 2. The normalized spacial score (nSPS) is 11.3. The maximum absolute atomic E-state index is 12.0. The molecule has 18 heteroatoms. The molecular formula is C10H5N11O7. The Morgan fingerprint density at radius 2 is 1.39 bits per heavy atom. The van der Waals surface area contributed by atoms with Gasteiger partial charge in [-0.3, -0.25) is 24.5 Å². The molecule has 0 aliphatic rings. The largest absolute Gasteiger partial charge is 0.471 e. The van der Waals surface area contributed by atoms with Gasteiger partial charge in [-0.25, -0.2) is 4.79 Å². The number of fused-ring (bicyclic) bond motifs is 2. The lowest BCUT2D eigenvalue weighted by atomic mass is 10.5. The van der Waals surface area contributed by atoms with Crippen LogP contribution in [0.3, 0.4) is 0 Å². The van der Waals surface area contributed by atoms with Gasteiger partial charge in [0.25, 0.3) is 27.9 Å². The van der Waals surface area contributed by atoms with Gasteiger partial charge in [-0.15, -0.1) is 0 Å². The Morgan fingerprint density at radius 1 is 0.821 bits per heavy atom. The van der Waals surface area contributed by atoms with Crippen LogP contribution in [0, 0.1) is 20.2 Å². The number of hydrogen-bond donors (Lipinski definition) is 4. The number of rotatable bonds is 3. The zero-order chi connectivity index (χ0) is 20.3. The first-order valence-electron chi connectivity index (χ1n) is 7.01. The molecule has 4 heterocycles. The first-order valence-corrected chi connectivity index (χ1v) is 7.01. The molecular weight excluding hydrogens is 386 g/mol. The van der Waals surface area contributed by atoms with Crippen molar-refractivity contribution in [1.29, 1.82) is 0 Å². The molecule has 0 aliphatic carbocycles. The van der Waals surface area contributed by atoms with E-state index >= 15 is 0 Å². The topological polar surface area (TPSA) is 259 Å². The number of nitrogen functional groups attached to an aromatic ring is 1. The second kappa shape index (κ2) is 5.30. The van der Waals surface area contributed by atoms with Gasteiger partial charge in [0.2, 0.25) is 5.95 Å². The zero-order valence-corrected chi connectivity index (χ0v) is 13.1. The fourth-order valence-electron chi connectivity index (χ4n) is 2.54. The van der Waals surface area contributed by atoms with Crippen LogP contribution in [0.5, 0.6) is 0 Å². The van der Waals surface area contributed by atoms with E-state index in [4.69, 9.17) is 5.73 Å². The third-order valence-electron chi connectivity index (χ3n) is 3.53. The highest BCUT2D eigenvalue weighted by atomic mass is 16.6. The Labute approximate surface area is 147 Å². The van der Waals surface area contributed by atoms with Crippen LogP contribution in [0.25, 0.3) is 22.3 Å². The Balaban J connectivity index is 2.32. The molecule has 28 heavy (non-hydrogen) atoms. The first-order chi connectivity index (χ1) is 13.2. The molecule has 4 aromatic rings. The fourth-order valence-corrected chi connectivity index (χ4v) is 2.54. The standard InChI is InChI=1S/C10H5N11O7/c11-7-14-3-1(5(22)16-7)12-9(20(25)26)18(3)19-4-2(13-10(19)21(27)28)6(23)17-8(24)15-4/h(H3,11,14,16,22)(H2,15,17,23,24). The number of hydrogen-bond acceptors (Lipinski definition) is 11. The van der Waals surface area contributed by atoms with Crippen molar-refractivity contribution >= 4 is 40.2 Å². The van der Waals surface area contributed by atoms with Crippen molar-refractivity contribution in [2.24, 2.45) is 0 Å². The summed E-state index contributed by atoms with van der Waals surface area (Å²) in [4.78, 5) is 73.0. The van der Waals surface area contributed by atoms with E-state index in [0.29, 0.717) is 9.35 Å². The van der Waals surface area contributed by atoms with Crippen LogP contribution >= 0.6 is 0 Å². The van der Waals surface area contributed by atoms with Crippen LogP contribution in [0.2, 0.25) is 0 Å². The Morgan fingerprint density at radius 3 is 2.04 bits per heavy atom.